The Morgan fingerprint density at radius 3 is 2.67 bits per heavy atom. The Kier molecular flexibility index (Phi) is 6.00. The molecule has 3 aromatic carbocycles. The molecule has 1 heterocycles. The van der Waals surface area contributed by atoms with Crippen molar-refractivity contribution in [3.05, 3.63) is 90.0 Å². The van der Waals surface area contributed by atoms with E-state index in [4.69, 9.17) is 9.47 Å². The van der Waals surface area contributed by atoms with Gasteiger partial charge in [-0.05, 0) is 48.9 Å². The fraction of sp³-hybridized carbons (Fsp3) is 0.240. The van der Waals surface area contributed by atoms with Gasteiger partial charge < -0.3 is 19.7 Å². The number of carbonyl (C=O) groups excluding carboxylic acids is 1. The molecule has 3 aromatic rings. The monoisotopic (exact) mass is 402 g/mol. The first-order chi connectivity index (χ1) is 14.7. The lowest BCUT2D eigenvalue weighted by Crippen LogP contribution is -2.48. The van der Waals surface area contributed by atoms with Gasteiger partial charge in [-0.2, -0.15) is 0 Å². The van der Waals surface area contributed by atoms with Crippen LogP contribution in [0.1, 0.15) is 28.9 Å². The third-order valence-electron chi connectivity index (χ3n) is 5.35. The summed E-state index contributed by atoms with van der Waals surface area (Å²) < 4.78 is 11.5. The van der Waals surface area contributed by atoms with Crippen LogP contribution < -0.4 is 19.7 Å². The molecule has 1 aliphatic heterocycles. The van der Waals surface area contributed by atoms with Gasteiger partial charge in [0.15, 0.2) is 0 Å². The average Bonchev–Trinajstić information content (AvgIpc) is 2.82. The predicted molar refractivity (Wildman–Crippen MR) is 118 cm³/mol. The third-order valence-corrected chi connectivity index (χ3v) is 5.35. The summed E-state index contributed by atoms with van der Waals surface area (Å²) in [5, 5.41) is 3.53. The van der Waals surface area contributed by atoms with Crippen LogP contribution >= 0.6 is 0 Å². The van der Waals surface area contributed by atoms with Gasteiger partial charge in [-0.1, -0.05) is 42.5 Å². The van der Waals surface area contributed by atoms with Crippen LogP contribution in [0.5, 0.6) is 11.5 Å². The molecule has 1 unspecified atom stereocenters. The molecule has 30 heavy (non-hydrogen) atoms. The van der Waals surface area contributed by atoms with Crippen molar-refractivity contribution in [3.63, 3.8) is 0 Å². The molecule has 0 bridgehead atoms. The van der Waals surface area contributed by atoms with Crippen molar-refractivity contribution < 1.29 is 14.3 Å². The van der Waals surface area contributed by atoms with Gasteiger partial charge in [0.2, 0.25) is 0 Å². The molecule has 2 atom stereocenters. The second kappa shape index (κ2) is 9.01. The highest BCUT2D eigenvalue weighted by atomic mass is 16.5. The number of carbonyl (C=O) groups is 1. The molecule has 154 valence electrons. The summed E-state index contributed by atoms with van der Waals surface area (Å²) >= 11 is 0. The van der Waals surface area contributed by atoms with Crippen molar-refractivity contribution in [1.82, 2.24) is 5.32 Å². The highest BCUT2D eigenvalue weighted by Gasteiger charge is 2.30. The van der Waals surface area contributed by atoms with Gasteiger partial charge in [0.05, 0.1) is 19.3 Å². The van der Waals surface area contributed by atoms with E-state index >= 15 is 0 Å². The van der Waals surface area contributed by atoms with E-state index in [-0.39, 0.29) is 18.1 Å². The zero-order valence-electron chi connectivity index (χ0n) is 17.2. The van der Waals surface area contributed by atoms with E-state index in [1.807, 2.05) is 77.7 Å². The van der Waals surface area contributed by atoms with Crippen molar-refractivity contribution >= 4 is 11.6 Å². The minimum Gasteiger partial charge on any atom is -0.497 e. The molecule has 1 N–H and O–H groups in total. The third kappa shape index (κ3) is 4.31. The van der Waals surface area contributed by atoms with Crippen LogP contribution in [-0.2, 0) is 0 Å². The highest BCUT2D eigenvalue weighted by molar-refractivity contribution is 6.07. The summed E-state index contributed by atoms with van der Waals surface area (Å²) in [5.41, 5.74) is 2.62. The van der Waals surface area contributed by atoms with Gasteiger partial charge in [0.1, 0.15) is 17.6 Å². The van der Waals surface area contributed by atoms with Crippen molar-refractivity contribution in [2.75, 3.05) is 25.1 Å². The van der Waals surface area contributed by atoms with Gasteiger partial charge >= 0.3 is 0 Å². The molecular formula is C25H26N2O3. The maximum absolute atomic E-state index is 13.2. The van der Waals surface area contributed by atoms with Gasteiger partial charge in [0, 0.05) is 18.2 Å². The fourth-order valence-corrected chi connectivity index (χ4v) is 3.67. The van der Waals surface area contributed by atoms with Gasteiger partial charge in [-0.15, -0.1) is 0 Å². The number of amides is 1. The molecule has 0 aliphatic carbocycles. The minimum absolute atomic E-state index is 0.0165. The number of para-hydroxylation sites is 2. The summed E-state index contributed by atoms with van der Waals surface area (Å²) in [4.78, 5) is 15.0. The summed E-state index contributed by atoms with van der Waals surface area (Å²) in [6.07, 6.45) is -0.152. The smallest absolute Gasteiger partial charge is 0.258 e. The van der Waals surface area contributed by atoms with Gasteiger partial charge in [-0.3, -0.25) is 4.79 Å². The largest absolute Gasteiger partial charge is 0.497 e. The number of anilines is 1. The zero-order valence-corrected chi connectivity index (χ0v) is 17.2. The number of benzene rings is 3. The van der Waals surface area contributed by atoms with E-state index in [1.165, 1.54) is 0 Å². The molecule has 1 aliphatic rings. The molecule has 1 amide bonds. The predicted octanol–water partition coefficient (Wildman–Crippen LogP) is 4.45. The Labute approximate surface area is 177 Å². The topological polar surface area (TPSA) is 50.8 Å². The van der Waals surface area contributed by atoms with Gasteiger partial charge in [-0.25, -0.2) is 0 Å². The van der Waals surface area contributed by atoms with Crippen LogP contribution in [0.2, 0.25) is 0 Å². The van der Waals surface area contributed by atoms with Crippen LogP contribution in [0, 0.1) is 0 Å². The number of nitrogens with zero attached hydrogens (tertiary/aromatic N) is 1. The minimum atomic E-state index is -0.152. The number of rotatable bonds is 6. The molecule has 5 nitrogen and oxygen atoms in total. The number of hydrogen-bond donors (Lipinski definition) is 1. The lowest BCUT2D eigenvalue weighted by atomic mass is 10.1. The van der Waals surface area contributed by atoms with E-state index < -0.39 is 0 Å². The normalized spacial score (nSPS) is 16.3. The average molecular weight is 402 g/mol. The number of nitrogens with one attached hydrogen (secondary N) is 1. The number of fused-ring (bicyclic) bond motifs is 1. The lowest BCUT2D eigenvalue weighted by molar-refractivity contribution is 0.0954. The summed E-state index contributed by atoms with van der Waals surface area (Å²) in [6, 6.07) is 25.2. The standard InChI is InChI=1S/C25H26N2O3/c1-18(20-11-8-12-21(15-20)29-2)26-16-22-17-27(23-13-6-7-14-24(23)30-22)25(28)19-9-4-3-5-10-19/h3-15,18,22,26H,16-17H2,1-2H3/t18-,22?/m1/s1. The van der Waals surface area contributed by atoms with E-state index in [0.29, 0.717) is 18.7 Å². The summed E-state index contributed by atoms with van der Waals surface area (Å²) in [5.74, 6) is 1.55. The Balaban J connectivity index is 1.49. The van der Waals surface area contributed by atoms with Crippen molar-refractivity contribution in [2.24, 2.45) is 0 Å². The van der Waals surface area contributed by atoms with Crippen molar-refractivity contribution in [1.29, 1.82) is 0 Å². The second-order valence-corrected chi connectivity index (χ2v) is 7.40. The SMILES string of the molecule is COc1cccc([C@@H](C)NCC2CN(C(=O)c3ccccc3)c3ccccc3O2)c1. The molecule has 0 spiro atoms. The highest BCUT2D eigenvalue weighted by Crippen LogP contribution is 2.34. The Morgan fingerprint density at radius 2 is 1.87 bits per heavy atom. The van der Waals surface area contributed by atoms with Crippen molar-refractivity contribution in [2.45, 2.75) is 19.1 Å². The molecule has 0 fully saturated rings. The van der Waals surface area contributed by atoms with Crippen LogP contribution in [0.15, 0.2) is 78.9 Å². The summed E-state index contributed by atoms with van der Waals surface area (Å²) in [7, 11) is 1.67. The molecule has 0 saturated carbocycles. The quantitative estimate of drug-likeness (QED) is 0.662. The van der Waals surface area contributed by atoms with Crippen LogP contribution in [0.25, 0.3) is 0 Å². The zero-order chi connectivity index (χ0) is 20.9. The fourth-order valence-electron chi connectivity index (χ4n) is 3.67. The number of ether oxygens (including phenoxy) is 2. The molecular weight excluding hydrogens is 376 g/mol. The van der Waals surface area contributed by atoms with E-state index in [1.54, 1.807) is 7.11 Å². The first-order valence-electron chi connectivity index (χ1n) is 10.2. The molecule has 5 heteroatoms. The molecule has 0 radical (unpaired) electrons. The number of methoxy groups -OCH3 is 1. The van der Waals surface area contributed by atoms with E-state index in [2.05, 4.69) is 18.3 Å². The van der Waals surface area contributed by atoms with E-state index in [9.17, 15) is 4.79 Å². The van der Waals surface area contributed by atoms with Gasteiger partial charge in [0.25, 0.3) is 5.91 Å². The van der Waals surface area contributed by atoms with Crippen molar-refractivity contribution in [3.8, 4) is 11.5 Å². The lowest BCUT2D eigenvalue weighted by Gasteiger charge is -2.35. The number of hydrogen-bond acceptors (Lipinski definition) is 4. The van der Waals surface area contributed by atoms with E-state index in [0.717, 1.165) is 22.7 Å². The summed E-state index contributed by atoms with van der Waals surface area (Å²) in [6.45, 7) is 3.21. The Hall–Kier alpha value is -3.31. The van der Waals surface area contributed by atoms with Crippen LogP contribution in [-0.4, -0.2) is 32.2 Å². The van der Waals surface area contributed by atoms with Crippen LogP contribution in [0.4, 0.5) is 5.69 Å². The Bertz CT molecular complexity index is 1010. The second-order valence-electron chi connectivity index (χ2n) is 7.40. The first-order valence-corrected chi connectivity index (χ1v) is 10.2. The molecule has 4 rings (SSSR count). The molecule has 0 saturated heterocycles. The van der Waals surface area contributed by atoms with Crippen LogP contribution in [0.3, 0.4) is 0 Å². The molecule has 0 aromatic heterocycles. The first kappa shape index (κ1) is 20.0. The Morgan fingerprint density at radius 1 is 1.10 bits per heavy atom. The maximum atomic E-state index is 13.2. The maximum Gasteiger partial charge on any atom is 0.258 e.